The first kappa shape index (κ1) is 19.4. The maximum absolute atomic E-state index is 12.8. The van der Waals surface area contributed by atoms with Crippen LogP contribution in [0.5, 0.6) is 0 Å². The van der Waals surface area contributed by atoms with E-state index in [0.29, 0.717) is 22.6 Å². The van der Waals surface area contributed by atoms with Gasteiger partial charge in [-0.25, -0.2) is 9.67 Å². The summed E-state index contributed by atoms with van der Waals surface area (Å²) in [6.07, 6.45) is 4.75. The average Bonchev–Trinajstić information content (AvgIpc) is 3.41. The first-order chi connectivity index (χ1) is 14.5. The Morgan fingerprint density at radius 3 is 2.70 bits per heavy atom. The van der Waals surface area contributed by atoms with Crippen LogP contribution in [0, 0.1) is 0 Å². The minimum absolute atomic E-state index is 0.168. The first-order valence-electron chi connectivity index (χ1n) is 9.57. The molecule has 0 aliphatic carbocycles. The maximum atomic E-state index is 12.8. The fourth-order valence-corrected chi connectivity index (χ4v) is 3.10. The largest absolute Gasteiger partial charge is 0.467 e. The Kier molecular flexibility index (Phi) is 5.30. The summed E-state index contributed by atoms with van der Waals surface area (Å²) in [4.78, 5) is 29.8. The van der Waals surface area contributed by atoms with Gasteiger partial charge in [-0.2, -0.15) is 5.10 Å². The quantitative estimate of drug-likeness (QED) is 0.510. The number of nitrogens with one attached hydrogen (secondary N) is 2. The van der Waals surface area contributed by atoms with Crippen molar-refractivity contribution in [1.29, 1.82) is 0 Å². The van der Waals surface area contributed by atoms with Crippen molar-refractivity contribution in [3.63, 3.8) is 0 Å². The fourth-order valence-electron chi connectivity index (χ4n) is 3.10. The van der Waals surface area contributed by atoms with Crippen LogP contribution in [0.1, 0.15) is 46.4 Å². The molecular weight excluding hydrogens is 382 g/mol. The number of pyridine rings is 1. The van der Waals surface area contributed by atoms with Crippen LogP contribution >= 0.6 is 0 Å². The molecule has 30 heavy (non-hydrogen) atoms. The van der Waals surface area contributed by atoms with Crippen LogP contribution in [-0.4, -0.2) is 26.6 Å². The monoisotopic (exact) mass is 403 g/mol. The van der Waals surface area contributed by atoms with Gasteiger partial charge in [-0.05, 0) is 44.2 Å². The molecule has 2 amide bonds. The van der Waals surface area contributed by atoms with E-state index in [1.165, 1.54) is 6.20 Å². The van der Waals surface area contributed by atoms with E-state index in [4.69, 9.17) is 4.42 Å². The van der Waals surface area contributed by atoms with Gasteiger partial charge in [0.15, 0.2) is 5.65 Å². The number of furan rings is 1. The number of para-hydroxylation sites is 1. The summed E-state index contributed by atoms with van der Waals surface area (Å²) >= 11 is 0. The van der Waals surface area contributed by atoms with Crippen molar-refractivity contribution in [3.05, 3.63) is 78.0 Å². The third-order valence-electron chi connectivity index (χ3n) is 4.61. The predicted octanol–water partition coefficient (Wildman–Crippen LogP) is 3.79. The molecule has 4 rings (SSSR count). The highest BCUT2D eigenvalue weighted by Crippen LogP contribution is 2.19. The van der Waals surface area contributed by atoms with Gasteiger partial charge in [-0.3, -0.25) is 9.59 Å². The van der Waals surface area contributed by atoms with Crippen molar-refractivity contribution in [2.24, 2.45) is 0 Å². The van der Waals surface area contributed by atoms with E-state index in [-0.39, 0.29) is 24.4 Å². The molecule has 0 saturated heterocycles. The number of amides is 2. The van der Waals surface area contributed by atoms with E-state index in [1.54, 1.807) is 59.6 Å². The summed E-state index contributed by atoms with van der Waals surface area (Å²) in [7, 11) is 0. The van der Waals surface area contributed by atoms with Crippen LogP contribution in [0.2, 0.25) is 0 Å². The fraction of sp³-hybridized carbons (Fsp3) is 0.182. The third kappa shape index (κ3) is 3.93. The van der Waals surface area contributed by atoms with Crippen LogP contribution in [0.15, 0.2) is 65.5 Å². The number of aromatic nitrogens is 3. The molecule has 4 aromatic rings. The standard InChI is InChI=1S/C22H21N5O3/c1-14(2)27-20-15(12-25-27)10-16(11-23-20)21(28)26-19-8-4-3-7-18(19)22(29)24-13-17-6-5-9-30-17/h3-12,14H,13H2,1-2H3,(H,24,29)(H,26,28). The van der Waals surface area contributed by atoms with Gasteiger partial charge in [0, 0.05) is 17.6 Å². The number of carbonyl (C=O) groups excluding carboxylic acids is 2. The number of nitrogens with zero attached hydrogens (tertiary/aromatic N) is 3. The summed E-state index contributed by atoms with van der Waals surface area (Å²) in [5.41, 5.74) is 1.88. The molecule has 0 unspecified atom stereocenters. The molecule has 0 atom stereocenters. The Bertz CT molecular complexity index is 1190. The SMILES string of the molecule is CC(C)n1ncc2cc(C(=O)Nc3ccccc3C(=O)NCc3ccco3)cnc21. The molecule has 3 heterocycles. The molecule has 8 heteroatoms. The number of rotatable bonds is 6. The lowest BCUT2D eigenvalue weighted by Crippen LogP contribution is -2.24. The lowest BCUT2D eigenvalue weighted by molar-refractivity contribution is 0.0949. The minimum Gasteiger partial charge on any atom is -0.467 e. The second kappa shape index (κ2) is 8.20. The molecule has 0 radical (unpaired) electrons. The highest BCUT2D eigenvalue weighted by atomic mass is 16.3. The van der Waals surface area contributed by atoms with Gasteiger partial charge in [-0.15, -0.1) is 0 Å². The lowest BCUT2D eigenvalue weighted by atomic mass is 10.1. The summed E-state index contributed by atoms with van der Waals surface area (Å²) in [6, 6.07) is 12.3. The van der Waals surface area contributed by atoms with E-state index in [0.717, 1.165) is 11.0 Å². The van der Waals surface area contributed by atoms with E-state index >= 15 is 0 Å². The molecule has 2 N–H and O–H groups in total. The molecule has 1 aromatic carbocycles. The van der Waals surface area contributed by atoms with E-state index in [9.17, 15) is 9.59 Å². The van der Waals surface area contributed by atoms with Gasteiger partial charge in [0.2, 0.25) is 0 Å². The van der Waals surface area contributed by atoms with Crippen molar-refractivity contribution in [2.45, 2.75) is 26.4 Å². The molecule has 8 nitrogen and oxygen atoms in total. The number of fused-ring (bicyclic) bond motifs is 1. The zero-order chi connectivity index (χ0) is 21.1. The van der Waals surface area contributed by atoms with E-state index < -0.39 is 0 Å². The van der Waals surface area contributed by atoms with Crippen LogP contribution in [0.4, 0.5) is 5.69 Å². The lowest BCUT2D eigenvalue weighted by Gasteiger charge is -2.11. The molecule has 0 fully saturated rings. The van der Waals surface area contributed by atoms with Crippen molar-refractivity contribution in [1.82, 2.24) is 20.1 Å². The summed E-state index contributed by atoms with van der Waals surface area (Å²) in [5.74, 6) is -0.0201. The van der Waals surface area contributed by atoms with Gasteiger partial charge in [0.25, 0.3) is 11.8 Å². The molecule has 0 saturated carbocycles. The molecule has 0 aliphatic heterocycles. The van der Waals surface area contributed by atoms with Crippen LogP contribution in [-0.2, 0) is 6.54 Å². The Morgan fingerprint density at radius 2 is 1.93 bits per heavy atom. The van der Waals surface area contributed by atoms with Crippen molar-refractivity contribution < 1.29 is 14.0 Å². The Labute approximate surface area is 172 Å². The Hall–Kier alpha value is -3.94. The Balaban J connectivity index is 1.52. The molecule has 152 valence electrons. The van der Waals surface area contributed by atoms with Crippen LogP contribution in [0.3, 0.4) is 0 Å². The third-order valence-corrected chi connectivity index (χ3v) is 4.61. The van der Waals surface area contributed by atoms with E-state index in [1.807, 2.05) is 13.8 Å². The molecule has 3 aromatic heterocycles. The van der Waals surface area contributed by atoms with Crippen molar-refractivity contribution in [3.8, 4) is 0 Å². The second-order valence-electron chi connectivity index (χ2n) is 7.08. The van der Waals surface area contributed by atoms with Crippen LogP contribution in [0.25, 0.3) is 11.0 Å². The summed E-state index contributed by atoms with van der Waals surface area (Å²) in [6.45, 7) is 4.29. The molecular formula is C22H21N5O3. The second-order valence-corrected chi connectivity index (χ2v) is 7.08. The molecule has 0 bridgehead atoms. The number of benzene rings is 1. The smallest absolute Gasteiger partial charge is 0.257 e. The van der Waals surface area contributed by atoms with E-state index in [2.05, 4.69) is 20.7 Å². The van der Waals surface area contributed by atoms with Gasteiger partial charge in [-0.1, -0.05) is 12.1 Å². The van der Waals surface area contributed by atoms with Gasteiger partial charge in [0.05, 0.1) is 35.8 Å². The highest BCUT2D eigenvalue weighted by molar-refractivity contribution is 6.09. The van der Waals surface area contributed by atoms with Crippen molar-refractivity contribution >= 4 is 28.5 Å². The normalized spacial score (nSPS) is 11.0. The zero-order valence-corrected chi connectivity index (χ0v) is 16.6. The van der Waals surface area contributed by atoms with Gasteiger partial charge < -0.3 is 15.1 Å². The summed E-state index contributed by atoms with van der Waals surface area (Å²) in [5, 5.41) is 10.7. The topological polar surface area (TPSA) is 102 Å². The molecule has 0 aliphatic rings. The average molecular weight is 403 g/mol. The van der Waals surface area contributed by atoms with Gasteiger partial charge in [0.1, 0.15) is 5.76 Å². The van der Waals surface area contributed by atoms with Crippen LogP contribution < -0.4 is 10.6 Å². The number of anilines is 1. The molecule has 0 spiro atoms. The predicted molar refractivity (Wildman–Crippen MR) is 112 cm³/mol. The summed E-state index contributed by atoms with van der Waals surface area (Å²) < 4.78 is 7.03. The maximum Gasteiger partial charge on any atom is 0.257 e. The van der Waals surface area contributed by atoms with Gasteiger partial charge >= 0.3 is 0 Å². The number of hydrogen-bond acceptors (Lipinski definition) is 5. The zero-order valence-electron chi connectivity index (χ0n) is 16.6. The Morgan fingerprint density at radius 1 is 1.10 bits per heavy atom. The highest BCUT2D eigenvalue weighted by Gasteiger charge is 2.16. The van der Waals surface area contributed by atoms with Crippen molar-refractivity contribution in [2.75, 3.05) is 5.32 Å². The first-order valence-corrected chi connectivity index (χ1v) is 9.57. The number of carbonyl (C=O) groups is 2. The minimum atomic E-state index is -0.354. The number of hydrogen-bond donors (Lipinski definition) is 2.